The molecule has 3 aromatic rings. The van der Waals surface area contributed by atoms with Gasteiger partial charge in [-0.25, -0.2) is 4.39 Å². The molecule has 138 valence electrons. The Morgan fingerprint density at radius 1 is 1.04 bits per heavy atom. The van der Waals surface area contributed by atoms with E-state index < -0.39 is 0 Å². The first-order valence-corrected chi connectivity index (χ1v) is 9.10. The van der Waals surface area contributed by atoms with Crippen molar-refractivity contribution in [2.75, 3.05) is 6.61 Å². The molecule has 0 aromatic heterocycles. The zero-order valence-corrected chi connectivity index (χ0v) is 15.9. The SMILES string of the molecule is CCOc1ccc(Cc2ccc(C)cc2)c(F)c1-c1cccc(C(C)=O)c1. The van der Waals surface area contributed by atoms with Crippen LogP contribution in [0.25, 0.3) is 11.1 Å². The van der Waals surface area contributed by atoms with Gasteiger partial charge in [0.15, 0.2) is 5.78 Å². The highest BCUT2D eigenvalue weighted by atomic mass is 19.1. The maximum atomic E-state index is 15.5. The summed E-state index contributed by atoms with van der Waals surface area (Å²) in [7, 11) is 0. The Morgan fingerprint density at radius 3 is 2.44 bits per heavy atom. The van der Waals surface area contributed by atoms with Gasteiger partial charge in [-0.05, 0) is 49.6 Å². The summed E-state index contributed by atoms with van der Waals surface area (Å²) < 4.78 is 21.1. The molecule has 0 N–H and O–H groups in total. The van der Waals surface area contributed by atoms with Crippen molar-refractivity contribution >= 4 is 5.78 Å². The normalized spacial score (nSPS) is 10.7. The molecule has 0 aliphatic rings. The molecule has 0 atom stereocenters. The van der Waals surface area contributed by atoms with Gasteiger partial charge in [0.1, 0.15) is 11.6 Å². The first kappa shape index (κ1) is 18.8. The van der Waals surface area contributed by atoms with E-state index in [4.69, 9.17) is 4.74 Å². The first-order valence-electron chi connectivity index (χ1n) is 9.10. The predicted molar refractivity (Wildman–Crippen MR) is 107 cm³/mol. The number of rotatable bonds is 6. The van der Waals surface area contributed by atoms with Gasteiger partial charge < -0.3 is 4.74 Å². The molecule has 0 unspecified atom stereocenters. The number of halogens is 1. The highest BCUT2D eigenvalue weighted by Crippen LogP contribution is 2.35. The van der Waals surface area contributed by atoms with Gasteiger partial charge in [0.2, 0.25) is 0 Å². The van der Waals surface area contributed by atoms with Crippen molar-refractivity contribution in [2.45, 2.75) is 27.2 Å². The van der Waals surface area contributed by atoms with Crippen molar-refractivity contribution in [1.29, 1.82) is 0 Å². The lowest BCUT2D eigenvalue weighted by molar-refractivity contribution is 0.101. The topological polar surface area (TPSA) is 26.3 Å². The Kier molecular flexibility index (Phi) is 5.70. The summed E-state index contributed by atoms with van der Waals surface area (Å²) in [5.74, 6) is 0.136. The Balaban J connectivity index is 2.08. The van der Waals surface area contributed by atoms with E-state index in [1.54, 1.807) is 24.3 Å². The highest BCUT2D eigenvalue weighted by molar-refractivity contribution is 5.95. The van der Waals surface area contributed by atoms with Crippen LogP contribution in [0.5, 0.6) is 5.75 Å². The number of Topliss-reactive ketones (excluding diaryl/α,β-unsaturated/α-hetero) is 1. The van der Waals surface area contributed by atoms with Crippen LogP contribution in [0.2, 0.25) is 0 Å². The van der Waals surface area contributed by atoms with E-state index in [1.807, 2.05) is 50.2 Å². The van der Waals surface area contributed by atoms with E-state index in [1.165, 1.54) is 12.5 Å². The Morgan fingerprint density at radius 2 is 1.78 bits per heavy atom. The summed E-state index contributed by atoms with van der Waals surface area (Å²) in [6, 6.07) is 18.7. The standard InChI is InChI=1S/C24H23FO2/c1-4-27-22-13-12-21(14-18-10-8-16(2)9-11-18)24(25)23(22)20-7-5-6-19(15-20)17(3)26/h5-13,15H,4,14H2,1-3H3. The average molecular weight is 362 g/mol. The monoisotopic (exact) mass is 362 g/mol. The molecule has 3 rings (SSSR count). The number of carbonyl (C=O) groups is 1. The summed E-state index contributed by atoms with van der Waals surface area (Å²) in [6.07, 6.45) is 0.498. The molecular formula is C24H23FO2. The molecule has 2 nitrogen and oxygen atoms in total. The Labute approximate surface area is 159 Å². The predicted octanol–water partition coefficient (Wildman–Crippen LogP) is 5.99. The molecule has 0 saturated heterocycles. The van der Waals surface area contributed by atoms with Gasteiger partial charge in [-0.3, -0.25) is 4.79 Å². The summed E-state index contributed by atoms with van der Waals surface area (Å²) in [6.45, 7) is 5.85. The zero-order chi connectivity index (χ0) is 19.4. The smallest absolute Gasteiger partial charge is 0.159 e. The minimum Gasteiger partial charge on any atom is -0.493 e. The molecule has 0 aliphatic heterocycles. The van der Waals surface area contributed by atoms with E-state index in [-0.39, 0.29) is 11.6 Å². The molecule has 0 radical (unpaired) electrons. The molecule has 0 fully saturated rings. The summed E-state index contributed by atoms with van der Waals surface area (Å²) in [5, 5.41) is 0. The van der Waals surface area contributed by atoms with Crippen molar-refractivity contribution in [3.05, 3.63) is 88.7 Å². The lowest BCUT2D eigenvalue weighted by Crippen LogP contribution is -2.02. The molecule has 3 heteroatoms. The fourth-order valence-electron chi connectivity index (χ4n) is 3.10. The quantitative estimate of drug-likeness (QED) is 0.503. The van der Waals surface area contributed by atoms with Gasteiger partial charge in [0, 0.05) is 12.0 Å². The van der Waals surface area contributed by atoms with E-state index in [2.05, 4.69) is 0 Å². The van der Waals surface area contributed by atoms with Gasteiger partial charge in [0.05, 0.1) is 12.2 Å². The van der Waals surface area contributed by atoms with Crippen molar-refractivity contribution in [3.63, 3.8) is 0 Å². The summed E-state index contributed by atoms with van der Waals surface area (Å²) in [4.78, 5) is 11.7. The minimum absolute atomic E-state index is 0.0500. The van der Waals surface area contributed by atoms with Gasteiger partial charge in [-0.2, -0.15) is 0 Å². The number of carbonyl (C=O) groups excluding carboxylic acids is 1. The van der Waals surface area contributed by atoms with Crippen LogP contribution < -0.4 is 4.74 Å². The largest absolute Gasteiger partial charge is 0.493 e. The van der Waals surface area contributed by atoms with Gasteiger partial charge in [0.25, 0.3) is 0 Å². The van der Waals surface area contributed by atoms with Crippen LogP contribution in [0.3, 0.4) is 0 Å². The van der Waals surface area contributed by atoms with Crippen molar-refractivity contribution in [3.8, 4) is 16.9 Å². The molecular weight excluding hydrogens is 339 g/mol. The van der Waals surface area contributed by atoms with Gasteiger partial charge >= 0.3 is 0 Å². The van der Waals surface area contributed by atoms with E-state index >= 15 is 4.39 Å². The van der Waals surface area contributed by atoms with Crippen LogP contribution in [-0.2, 0) is 6.42 Å². The number of ketones is 1. The van der Waals surface area contributed by atoms with Crippen molar-refractivity contribution in [1.82, 2.24) is 0 Å². The second kappa shape index (κ2) is 8.17. The third kappa shape index (κ3) is 4.25. The number of benzene rings is 3. The zero-order valence-electron chi connectivity index (χ0n) is 15.9. The van der Waals surface area contributed by atoms with Gasteiger partial charge in [-0.15, -0.1) is 0 Å². The van der Waals surface area contributed by atoms with Crippen LogP contribution in [0.1, 0.15) is 40.9 Å². The molecule has 0 saturated carbocycles. The minimum atomic E-state index is -0.303. The maximum absolute atomic E-state index is 15.5. The maximum Gasteiger partial charge on any atom is 0.159 e. The molecule has 0 spiro atoms. The van der Waals surface area contributed by atoms with Crippen LogP contribution in [0.4, 0.5) is 4.39 Å². The molecule has 0 aliphatic carbocycles. The number of hydrogen-bond acceptors (Lipinski definition) is 2. The van der Waals surface area contributed by atoms with E-state index in [0.717, 1.165) is 5.56 Å². The van der Waals surface area contributed by atoms with E-state index in [9.17, 15) is 4.79 Å². The fraction of sp³-hybridized carbons (Fsp3) is 0.208. The molecule has 27 heavy (non-hydrogen) atoms. The highest BCUT2D eigenvalue weighted by Gasteiger charge is 2.17. The molecule has 0 bridgehead atoms. The lowest BCUT2D eigenvalue weighted by atomic mass is 9.95. The van der Waals surface area contributed by atoms with Crippen molar-refractivity contribution < 1.29 is 13.9 Å². The van der Waals surface area contributed by atoms with Crippen LogP contribution in [-0.4, -0.2) is 12.4 Å². The first-order chi connectivity index (χ1) is 13.0. The van der Waals surface area contributed by atoms with Crippen LogP contribution >= 0.6 is 0 Å². The summed E-state index contributed by atoms with van der Waals surface area (Å²) >= 11 is 0. The molecule has 0 heterocycles. The fourth-order valence-corrected chi connectivity index (χ4v) is 3.10. The van der Waals surface area contributed by atoms with E-state index in [0.29, 0.717) is 41.0 Å². The lowest BCUT2D eigenvalue weighted by Gasteiger charge is -2.15. The number of hydrogen-bond donors (Lipinski definition) is 0. The number of aryl methyl sites for hydroxylation is 1. The van der Waals surface area contributed by atoms with Gasteiger partial charge in [-0.1, -0.05) is 54.1 Å². The second-order valence-electron chi connectivity index (χ2n) is 6.64. The molecule has 3 aromatic carbocycles. The Hall–Kier alpha value is -2.94. The van der Waals surface area contributed by atoms with Crippen molar-refractivity contribution in [2.24, 2.45) is 0 Å². The van der Waals surface area contributed by atoms with Crippen LogP contribution in [0, 0.1) is 12.7 Å². The molecule has 0 amide bonds. The summed E-state index contributed by atoms with van der Waals surface area (Å²) in [5.41, 5.74) is 4.43. The second-order valence-corrected chi connectivity index (χ2v) is 6.64. The third-order valence-electron chi connectivity index (χ3n) is 4.56. The third-order valence-corrected chi connectivity index (χ3v) is 4.56. The van der Waals surface area contributed by atoms with Crippen LogP contribution in [0.15, 0.2) is 60.7 Å². The Bertz CT molecular complexity index is 959. The number of ether oxygens (including phenoxy) is 1. The average Bonchev–Trinajstić information content (AvgIpc) is 2.66.